The van der Waals surface area contributed by atoms with E-state index in [-0.39, 0.29) is 63.0 Å². The summed E-state index contributed by atoms with van der Waals surface area (Å²) in [5, 5.41) is 30.6. The summed E-state index contributed by atoms with van der Waals surface area (Å²) in [5.41, 5.74) is 11.3. The molecule has 0 unspecified atom stereocenters. The Hall–Kier alpha value is -6.11. The summed E-state index contributed by atoms with van der Waals surface area (Å²) in [4.78, 5) is 107. The number of benzene rings is 1. The average molecular weight is 964 g/mol. The molecule has 0 radical (unpaired) electrons. The Balaban J connectivity index is 1.88. The van der Waals surface area contributed by atoms with Crippen LogP contribution in [0.25, 0.3) is 0 Å². The van der Waals surface area contributed by atoms with E-state index in [1.165, 1.54) is 0 Å². The second-order valence-corrected chi connectivity index (χ2v) is 16.1. The third-order valence-corrected chi connectivity index (χ3v) is 10.0. The average Bonchev–Trinajstić information content (AvgIpc) is 3.29. The quantitative estimate of drug-likeness (QED) is 0.0205. The first-order valence-corrected chi connectivity index (χ1v) is 23.0. The molecular weight excluding hydrogens is 891 g/mol. The summed E-state index contributed by atoms with van der Waals surface area (Å²) >= 11 is 0. The first-order valence-electron chi connectivity index (χ1n) is 23.0. The van der Waals surface area contributed by atoms with E-state index in [2.05, 4.69) is 47.5 Å². The maximum Gasteiger partial charge on any atom is 0.305 e. The molecule has 1 aromatic rings. The molecule has 24 heteroatoms. The predicted molar refractivity (Wildman–Crippen MR) is 249 cm³/mol. The zero-order valence-corrected chi connectivity index (χ0v) is 39.5. The molecule has 7 amide bonds. The number of carbonyl (C=O) groups excluding carboxylic acids is 7. The summed E-state index contributed by atoms with van der Waals surface area (Å²) < 4.78 is 22.2. The van der Waals surface area contributed by atoms with E-state index >= 15 is 0 Å². The number of nitrogens with one attached hydrogen (secondary N) is 8. The summed E-state index contributed by atoms with van der Waals surface area (Å²) in [6, 6.07) is 1.26. The van der Waals surface area contributed by atoms with Gasteiger partial charge in [-0.2, -0.15) is 0 Å². The fraction of sp³-hybridized carbons (Fsp3) is 0.659. The minimum Gasteiger partial charge on any atom is -0.494 e. The predicted octanol–water partition coefficient (Wildman–Crippen LogP) is -2.69. The fourth-order valence-corrected chi connectivity index (χ4v) is 6.37. The van der Waals surface area contributed by atoms with Crippen molar-refractivity contribution in [2.45, 2.75) is 95.8 Å². The molecule has 1 heterocycles. The molecule has 1 aliphatic heterocycles. The van der Waals surface area contributed by atoms with E-state index < -0.39 is 78.6 Å². The molecule has 0 aromatic heterocycles. The molecular formula is C44H73N11O13. The zero-order chi connectivity index (χ0) is 50.1. The first kappa shape index (κ1) is 58.0. The van der Waals surface area contributed by atoms with Gasteiger partial charge in [0.15, 0.2) is 5.96 Å². The number of hydrogen-bond donors (Lipinski definition) is 11. The van der Waals surface area contributed by atoms with Crippen molar-refractivity contribution >= 4 is 53.3 Å². The van der Waals surface area contributed by atoms with E-state index in [1.807, 2.05) is 7.05 Å². The number of aliphatic imine (C=N–C) groups is 1. The molecule has 24 nitrogen and oxygen atoms in total. The molecule has 2 rings (SSSR count). The van der Waals surface area contributed by atoms with Crippen molar-refractivity contribution in [2.75, 3.05) is 86.0 Å². The van der Waals surface area contributed by atoms with Crippen LogP contribution in [0.2, 0.25) is 0 Å². The Morgan fingerprint density at radius 3 is 1.84 bits per heavy atom. The standard InChI is InChI=1S/C44H73N11O13/c1-29(2)39-43(64)53-32(8-4-16-50-44(45)46)40(61)51-28-37(58)52-34(27-38(59)60)41(62)54-33(42(63)55-39)26-30-9-11-31(12-10-30)68-21-7-18-49-36(57)14-13-35(56)48-17-6-20-66-23-25-67-24-22-65-19-5-15-47-3/h9-12,29,32-34,39,47H,4-8,13-28H2,1-3H3,(H,48,56)(H,49,57)(H,51,61)(H,52,58)(H,53,64)(H,54,62)(H,55,63)(H,59,60)(H4,45,46,50)/t32-,33+,34-,39-/m0/s1. The largest absolute Gasteiger partial charge is 0.494 e. The molecule has 382 valence electrons. The lowest BCUT2D eigenvalue weighted by molar-refractivity contribution is -0.141. The van der Waals surface area contributed by atoms with Crippen LogP contribution in [0.1, 0.15) is 70.8 Å². The fourth-order valence-electron chi connectivity index (χ4n) is 6.37. The van der Waals surface area contributed by atoms with Crippen molar-refractivity contribution in [3.05, 3.63) is 29.8 Å². The molecule has 68 heavy (non-hydrogen) atoms. The first-order chi connectivity index (χ1) is 32.6. The second kappa shape index (κ2) is 34.2. The van der Waals surface area contributed by atoms with Crippen LogP contribution in [0.5, 0.6) is 5.75 Å². The van der Waals surface area contributed by atoms with Gasteiger partial charge >= 0.3 is 5.97 Å². The highest BCUT2D eigenvalue weighted by Gasteiger charge is 2.34. The number of rotatable bonds is 31. The van der Waals surface area contributed by atoms with Crippen LogP contribution >= 0.6 is 0 Å². The Labute approximate surface area is 397 Å². The highest BCUT2D eigenvalue weighted by Crippen LogP contribution is 2.15. The Bertz CT molecular complexity index is 1760. The highest BCUT2D eigenvalue weighted by molar-refractivity contribution is 5.98. The third kappa shape index (κ3) is 26.3. The number of carbonyl (C=O) groups is 8. The van der Waals surface area contributed by atoms with Crippen molar-refractivity contribution in [3.8, 4) is 5.75 Å². The van der Waals surface area contributed by atoms with Crippen LogP contribution in [0.15, 0.2) is 29.3 Å². The van der Waals surface area contributed by atoms with Gasteiger partial charge in [0.05, 0.1) is 46.0 Å². The van der Waals surface area contributed by atoms with Gasteiger partial charge in [0.1, 0.15) is 29.9 Å². The number of aliphatic carboxylic acids is 1. The minimum absolute atomic E-state index is 0.0303. The topological polar surface area (TPSA) is 354 Å². The SMILES string of the molecule is CNCCCOCCOCCOCCCNC(=O)CCC(=O)NCCCOc1ccc(C[C@H]2NC(=O)[C@H](CC(=O)O)NC(=O)CNC(=O)[C@H](CCCN=C(N)N)NC(=O)[C@H](C(C)C)NC2=O)cc1. The molecule has 0 aliphatic carbocycles. The van der Waals surface area contributed by atoms with Crippen LogP contribution in [0.3, 0.4) is 0 Å². The molecule has 0 spiro atoms. The van der Waals surface area contributed by atoms with E-state index in [9.17, 15) is 43.5 Å². The van der Waals surface area contributed by atoms with Crippen LogP contribution in [0.4, 0.5) is 0 Å². The summed E-state index contributed by atoms with van der Waals surface area (Å²) in [6.45, 7) is 7.85. The van der Waals surface area contributed by atoms with Gasteiger partial charge < -0.3 is 78.1 Å². The van der Waals surface area contributed by atoms with Crippen LogP contribution in [0, 0.1) is 5.92 Å². The maximum atomic E-state index is 13.9. The Morgan fingerprint density at radius 1 is 0.706 bits per heavy atom. The van der Waals surface area contributed by atoms with Crippen molar-refractivity contribution in [2.24, 2.45) is 22.4 Å². The number of ether oxygens (including phenoxy) is 4. The van der Waals surface area contributed by atoms with Gasteiger partial charge in [-0.25, -0.2) is 0 Å². The number of hydrogen-bond acceptors (Lipinski definition) is 14. The molecule has 1 aliphatic rings. The number of nitrogens with zero attached hydrogens (tertiary/aromatic N) is 1. The molecule has 0 saturated carbocycles. The van der Waals surface area contributed by atoms with Crippen molar-refractivity contribution in [3.63, 3.8) is 0 Å². The number of guanidine groups is 1. The second-order valence-electron chi connectivity index (χ2n) is 16.1. The van der Waals surface area contributed by atoms with Crippen LogP contribution in [-0.4, -0.2) is 169 Å². The molecule has 1 fully saturated rings. The van der Waals surface area contributed by atoms with Gasteiger partial charge in [-0.05, 0) is 69.3 Å². The number of nitrogens with two attached hydrogens (primary N) is 2. The van der Waals surface area contributed by atoms with E-state index in [0.717, 1.165) is 13.0 Å². The van der Waals surface area contributed by atoms with Crippen molar-refractivity contribution in [1.29, 1.82) is 0 Å². The monoisotopic (exact) mass is 964 g/mol. The maximum absolute atomic E-state index is 13.9. The van der Waals surface area contributed by atoms with Gasteiger partial charge in [-0.15, -0.1) is 0 Å². The summed E-state index contributed by atoms with van der Waals surface area (Å²) in [6.07, 6.45) is 1.49. The molecule has 0 bridgehead atoms. The smallest absolute Gasteiger partial charge is 0.305 e. The van der Waals surface area contributed by atoms with Gasteiger partial charge in [0.2, 0.25) is 41.4 Å². The lowest BCUT2D eigenvalue weighted by Crippen LogP contribution is -2.59. The van der Waals surface area contributed by atoms with Crippen molar-refractivity contribution in [1.82, 2.24) is 42.5 Å². The van der Waals surface area contributed by atoms with Gasteiger partial charge in [-0.1, -0.05) is 26.0 Å². The third-order valence-electron chi connectivity index (χ3n) is 10.0. The van der Waals surface area contributed by atoms with Crippen LogP contribution in [-0.2, 0) is 59.0 Å². The van der Waals surface area contributed by atoms with E-state index in [1.54, 1.807) is 38.1 Å². The Kier molecular flexibility index (Phi) is 29.2. The van der Waals surface area contributed by atoms with Gasteiger partial charge in [-0.3, -0.25) is 43.3 Å². The van der Waals surface area contributed by atoms with Crippen molar-refractivity contribution < 1.29 is 62.4 Å². The normalized spacial score (nSPS) is 18.1. The molecule has 1 saturated heterocycles. The lowest BCUT2D eigenvalue weighted by atomic mass is 9.99. The molecule has 4 atom stereocenters. The highest BCUT2D eigenvalue weighted by atomic mass is 16.5. The zero-order valence-electron chi connectivity index (χ0n) is 39.5. The number of carboxylic acid groups (broad SMARTS) is 1. The number of amides is 7. The number of carboxylic acids is 1. The minimum atomic E-state index is -1.62. The summed E-state index contributed by atoms with van der Waals surface area (Å²) in [5.74, 6) is -6.21. The molecule has 1 aromatic carbocycles. The Morgan fingerprint density at radius 2 is 1.26 bits per heavy atom. The summed E-state index contributed by atoms with van der Waals surface area (Å²) in [7, 11) is 1.90. The van der Waals surface area contributed by atoms with Gasteiger partial charge in [0, 0.05) is 52.1 Å². The van der Waals surface area contributed by atoms with Crippen LogP contribution < -0.4 is 58.7 Å². The van der Waals surface area contributed by atoms with Gasteiger partial charge in [0.25, 0.3) is 0 Å². The van der Waals surface area contributed by atoms with E-state index in [4.69, 9.17) is 30.4 Å². The van der Waals surface area contributed by atoms with E-state index in [0.29, 0.717) is 76.9 Å². The molecule has 13 N–H and O–H groups in total. The lowest BCUT2D eigenvalue weighted by Gasteiger charge is -2.27.